The van der Waals surface area contributed by atoms with Crippen molar-refractivity contribution in [3.05, 3.63) is 255 Å². The van der Waals surface area contributed by atoms with E-state index in [1.807, 2.05) is 166 Å². The highest BCUT2D eigenvalue weighted by molar-refractivity contribution is 6.19. The minimum absolute atomic E-state index is 0.952. The van der Waals surface area contributed by atoms with E-state index in [1.54, 1.807) is 0 Å². The number of hydrogen-bond acceptors (Lipinski definition) is 0. The van der Waals surface area contributed by atoms with Crippen molar-refractivity contribution in [1.29, 1.82) is 0 Å². The molecule has 0 aliphatic rings. The molecule has 0 fully saturated rings. The number of aromatic nitrogens is 6. The van der Waals surface area contributed by atoms with Crippen LogP contribution in [0.1, 0.15) is 208 Å². The van der Waals surface area contributed by atoms with Gasteiger partial charge in [-0.05, 0) is 113 Å². The van der Waals surface area contributed by atoms with Crippen LogP contribution in [0.25, 0.3) is 164 Å². The van der Waals surface area contributed by atoms with Crippen molar-refractivity contribution in [2.24, 2.45) is 0 Å². The van der Waals surface area contributed by atoms with Gasteiger partial charge in [-0.1, -0.05) is 366 Å². The normalized spacial score (nSPS) is 10.1. The molecule has 0 saturated heterocycles. The maximum absolute atomic E-state index is 2.47. The number of para-hydroxylation sites is 9. The van der Waals surface area contributed by atoms with Crippen LogP contribution in [-0.2, 0) is 39.3 Å². The Balaban J connectivity index is 0.000000318. The third-order valence-electron chi connectivity index (χ3n) is 19.5. The van der Waals surface area contributed by atoms with Gasteiger partial charge < -0.3 is 27.4 Å². The van der Waals surface area contributed by atoms with E-state index in [0.29, 0.717) is 0 Å². The van der Waals surface area contributed by atoms with E-state index in [1.165, 1.54) is 164 Å². The van der Waals surface area contributed by atoms with Crippen molar-refractivity contribution in [2.75, 3.05) is 0 Å². The molecule has 0 radical (unpaired) electrons. The predicted octanol–water partition coefficient (Wildman–Crippen LogP) is 35.1. The van der Waals surface area contributed by atoms with Gasteiger partial charge in [-0.2, -0.15) is 0 Å². The second kappa shape index (κ2) is 49.8. The van der Waals surface area contributed by atoms with Gasteiger partial charge in [0, 0.05) is 170 Å². The summed E-state index contributed by atoms with van der Waals surface area (Å²) < 4.78 is 14.7. The quantitative estimate of drug-likeness (QED) is 0.138. The van der Waals surface area contributed by atoms with Gasteiger partial charge in [0.25, 0.3) is 0 Å². The Morgan fingerprint density at radius 1 is 0.149 bits per heavy atom. The minimum atomic E-state index is 0.952. The zero-order valence-corrected chi connectivity index (χ0v) is 76.2. The average Bonchev–Trinajstić information content (AvgIpc) is 1.58. The lowest BCUT2D eigenvalue weighted by Gasteiger charge is -2.13. The van der Waals surface area contributed by atoms with Crippen LogP contribution in [0.3, 0.4) is 0 Å². The summed E-state index contributed by atoms with van der Waals surface area (Å²) in [5.41, 5.74) is 23.6. The van der Waals surface area contributed by atoms with Gasteiger partial charge >= 0.3 is 0 Å². The third-order valence-corrected chi connectivity index (χ3v) is 19.5. The molecular weight excluding hydrogens is 1380 g/mol. The van der Waals surface area contributed by atoms with E-state index in [9.17, 15) is 0 Å². The Labute approximate surface area is 689 Å². The highest BCUT2D eigenvalue weighted by Crippen LogP contribution is 2.43. The standard InChI is InChI=1S/3C28H24N2.12C2H6/c1-3-29-25-17-7-5-11-19(25)21-13-9-15-23(27(21)29)24-16-10-14-22-20-12-6-8-18-26(20)30(4-2)28(22)24;1-3-29-25-14-7-5-10-21(25)23-17-16-19(18-27(23)29)20-12-9-13-24-22-11-6-8-15-26(22)30(4-2)28(20)24;1-3-29-25-11-7-5-9-21(25)23-15-13-19(17-27(23)29)20-14-16-24-22-10-6-8-12-26(22)30(4-2)28(24)18-20;12*1-2/h3*5-18H,3-4H2,1-2H3;12*1-2H3. The second-order valence-corrected chi connectivity index (χ2v) is 23.9. The van der Waals surface area contributed by atoms with Gasteiger partial charge in [0.1, 0.15) is 0 Å². The van der Waals surface area contributed by atoms with Gasteiger partial charge in [-0.25, -0.2) is 0 Å². The molecule has 18 aromatic rings. The average molecular weight is 1530 g/mol. The Morgan fingerprint density at radius 2 is 0.325 bits per heavy atom. The molecule has 0 spiro atoms. The summed E-state index contributed by atoms with van der Waals surface area (Å²) in [5.74, 6) is 0. The SMILES string of the molecule is CC.CC.CC.CC.CC.CC.CC.CC.CC.CC.CC.CC.CCn1c2ccccc2c2ccc(-c3ccc4c5ccccc5n(CC)c4c3)cc21.CCn1c2ccccc2c2ccc(-c3cccc4c5ccccc5n(CC)c34)cc21.CCn1c2ccccc2c2cccc(-c3cccc4c5ccccc5n(CC)c34)c21. The first-order valence-corrected chi connectivity index (χ1v) is 44.5. The van der Waals surface area contributed by atoms with Crippen LogP contribution in [-0.4, -0.2) is 27.4 Å². The fourth-order valence-electron chi connectivity index (χ4n) is 15.7. The van der Waals surface area contributed by atoms with Crippen LogP contribution in [0, 0.1) is 0 Å². The highest BCUT2D eigenvalue weighted by atomic mass is 15.0. The smallest absolute Gasteiger partial charge is 0.0571 e. The molecule has 0 atom stereocenters. The van der Waals surface area contributed by atoms with Gasteiger partial charge in [0.2, 0.25) is 0 Å². The number of fused-ring (bicyclic) bond motifs is 18. The molecule has 0 aliphatic heterocycles. The molecular formula is C108H144N6. The molecule has 0 N–H and O–H groups in total. The lowest BCUT2D eigenvalue weighted by Crippen LogP contribution is -1.98. The van der Waals surface area contributed by atoms with E-state index in [0.717, 1.165) is 39.3 Å². The van der Waals surface area contributed by atoms with Crippen LogP contribution in [0.4, 0.5) is 0 Å². The lowest BCUT2D eigenvalue weighted by molar-refractivity contribution is 0.825. The molecule has 6 nitrogen and oxygen atoms in total. The molecule has 6 aromatic heterocycles. The Morgan fingerprint density at radius 3 is 0.570 bits per heavy atom. The van der Waals surface area contributed by atoms with Crippen molar-refractivity contribution in [2.45, 2.75) is 247 Å². The Kier molecular flexibility index (Phi) is 41.9. The third kappa shape index (κ3) is 18.9. The molecule has 12 aromatic carbocycles. The molecule has 18 rings (SSSR count). The molecule has 606 valence electrons. The summed E-state index contributed by atoms with van der Waals surface area (Å²) in [7, 11) is 0. The summed E-state index contributed by atoms with van der Waals surface area (Å²) in [6.07, 6.45) is 0. The van der Waals surface area contributed by atoms with Gasteiger partial charge in [-0.15, -0.1) is 0 Å². The van der Waals surface area contributed by atoms with Gasteiger partial charge in [0.05, 0.1) is 16.6 Å². The molecule has 6 heterocycles. The van der Waals surface area contributed by atoms with E-state index in [2.05, 4.69) is 324 Å². The maximum atomic E-state index is 2.47. The van der Waals surface area contributed by atoms with Crippen molar-refractivity contribution in [3.63, 3.8) is 0 Å². The monoisotopic (exact) mass is 1530 g/mol. The van der Waals surface area contributed by atoms with Crippen LogP contribution < -0.4 is 0 Å². The molecule has 0 aliphatic carbocycles. The minimum Gasteiger partial charge on any atom is -0.341 e. The van der Waals surface area contributed by atoms with Crippen molar-refractivity contribution < 1.29 is 0 Å². The first kappa shape index (κ1) is 95.8. The molecule has 6 heteroatoms. The molecule has 0 unspecified atom stereocenters. The number of rotatable bonds is 9. The molecule has 114 heavy (non-hydrogen) atoms. The van der Waals surface area contributed by atoms with E-state index < -0.39 is 0 Å². The summed E-state index contributed by atoms with van der Waals surface area (Å²) in [4.78, 5) is 0. The fourth-order valence-corrected chi connectivity index (χ4v) is 15.7. The van der Waals surface area contributed by atoms with Crippen LogP contribution in [0.5, 0.6) is 0 Å². The van der Waals surface area contributed by atoms with Crippen molar-refractivity contribution >= 4 is 131 Å². The van der Waals surface area contributed by atoms with E-state index in [4.69, 9.17) is 0 Å². The maximum Gasteiger partial charge on any atom is 0.0571 e. The zero-order valence-electron chi connectivity index (χ0n) is 76.2. The predicted molar refractivity (Wildman–Crippen MR) is 524 cm³/mol. The first-order chi connectivity index (χ1) is 56.4. The zero-order chi connectivity index (χ0) is 84.7. The van der Waals surface area contributed by atoms with Gasteiger partial charge in [0.15, 0.2) is 0 Å². The molecule has 0 bridgehead atoms. The highest BCUT2D eigenvalue weighted by Gasteiger charge is 2.21. The van der Waals surface area contributed by atoms with Gasteiger partial charge in [-0.3, -0.25) is 0 Å². The summed E-state index contributed by atoms with van der Waals surface area (Å²) >= 11 is 0. The fraction of sp³-hybridized carbons (Fsp3) is 0.333. The summed E-state index contributed by atoms with van der Waals surface area (Å²) in [5, 5.41) is 16.0. The van der Waals surface area contributed by atoms with Crippen LogP contribution in [0.15, 0.2) is 255 Å². The van der Waals surface area contributed by atoms with Crippen molar-refractivity contribution in [3.8, 4) is 33.4 Å². The Hall–Kier alpha value is -10.6. The second-order valence-electron chi connectivity index (χ2n) is 23.9. The summed E-state index contributed by atoms with van der Waals surface area (Å²) in [6.45, 7) is 67.2. The summed E-state index contributed by atoms with van der Waals surface area (Å²) in [6, 6.07) is 93.6. The number of benzene rings is 12. The number of nitrogens with zero attached hydrogens (tertiary/aromatic N) is 6. The largest absolute Gasteiger partial charge is 0.341 e. The first-order valence-electron chi connectivity index (χ1n) is 44.5. The Bertz CT molecular complexity index is 5590. The lowest BCUT2D eigenvalue weighted by atomic mass is 9.99. The van der Waals surface area contributed by atoms with Crippen LogP contribution in [0.2, 0.25) is 0 Å². The number of hydrogen-bond donors (Lipinski definition) is 0. The van der Waals surface area contributed by atoms with E-state index in [-0.39, 0.29) is 0 Å². The molecule has 0 saturated carbocycles. The van der Waals surface area contributed by atoms with E-state index >= 15 is 0 Å². The van der Waals surface area contributed by atoms with Crippen molar-refractivity contribution in [1.82, 2.24) is 27.4 Å². The topological polar surface area (TPSA) is 29.6 Å². The van der Waals surface area contributed by atoms with Crippen LogP contribution >= 0.6 is 0 Å². The number of aryl methyl sites for hydroxylation is 6. The molecule has 0 amide bonds.